The highest BCUT2D eigenvalue weighted by atomic mass is 35.5. The number of carbonyl (C=O) groups is 1. The molecule has 0 unspecified atom stereocenters. The van der Waals surface area contributed by atoms with E-state index in [1.807, 2.05) is 0 Å². The van der Waals surface area contributed by atoms with Crippen molar-refractivity contribution in [1.29, 1.82) is 0 Å². The molecular formula is C15H12ClFN2O4S. The Balaban J connectivity index is 2.01. The predicted octanol–water partition coefficient (Wildman–Crippen LogP) is 4.13. The molecule has 9 heteroatoms. The zero-order valence-corrected chi connectivity index (χ0v) is 14.0. The van der Waals surface area contributed by atoms with E-state index in [0.717, 1.165) is 0 Å². The largest absolute Gasteiger partial charge is 0.494 e. The number of methoxy groups -OCH3 is 1. The van der Waals surface area contributed by atoms with Crippen LogP contribution in [0, 0.1) is 15.9 Å². The SMILES string of the molecule is COc1cc([N+](=O)[O-])ccc1NC(=O)CSc1ccc(F)c(Cl)c1. The second-order valence-corrected chi connectivity index (χ2v) is 6.01. The van der Waals surface area contributed by atoms with Gasteiger partial charge in [0.15, 0.2) is 0 Å². The Hall–Kier alpha value is -2.32. The van der Waals surface area contributed by atoms with Crippen LogP contribution in [-0.2, 0) is 4.79 Å². The molecule has 2 aromatic carbocycles. The summed E-state index contributed by atoms with van der Waals surface area (Å²) in [6.07, 6.45) is 0. The number of nitrogens with zero attached hydrogens (tertiary/aromatic N) is 1. The lowest BCUT2D eigenvalue weighted by atomic mass is 10.2. The van der Waals surface area contributed by atoms with E-state index in [-0.39, 0.29) is 28.1 Å². The molecule has 0 aromatic heterocycles. The maximum Gasteiger partial charge on any atom is 0.273 e. The number of ether oxygens (including phenoxy) is 1. The third kappa shape index (κ3) is 4.59. The van der Waals surface area contributed by atoms with Gasteiger partial charge in [0.25, 0.3) is 5.69 Å². The summed E-state index contributed by atoms with van der Waals surface area (Å²) in [4.78, 5) is 22.8. The molecule has 0 radical (unpaired) electrons. The molecule has 24 heavy (non-hydrogen) atoms. The molecule has 126 valence electrons. The van der Waals surface area contributed by atoms with Gasteiger partial charge >= 0.3 is 0 Å². The van der Waals surface area contributed by atoms with Gasteiger partial charge in [-0.05, 0) is 24.3 Å². The van der Waals surface area contributed by atoms with Crippen molar-refractivity contribution in [2.45, 2.75) is 4.90 Å². The van der Waals surface area contributed by atoms with Crippen molar-refractivity contribution in [3.8, 4) is 5.75 Å². The summed E-state index contributed by atoms with van der Waals surface area (Å²) in [6.45, 7) is 0. The van der Waals surface area contributed by atoms with Gasteiger partial charge in [-0.3, -0.25) is 14.9 Å². The smallest absolute Gasteiger partial charge is 0.273 e. The van der Waals surface area contributed by atoms with Gasteiger partial charge in [0.1, 0.15) is 11.6 Å². The number of amides is 1. The molecule has 2 aromatic rings. The Morgan fingerprint density at radius 1 is 1.38 bits per heavy atom. The average Bonchev–Trinajstić information content (AvgIpc) is 2.56. The number of non-ortho nitro benzene ring substituents is 1. The first-order chi connectivity index (χ1) is 11.4. The molecule has 0 aliphatic carbocycles. The van der Waals surface area contributed by atoms with E-state index >= 15 is 0 Å². The van der Waals surface area contributed by atoms with Crippen LogP contribution >= 0.6 is 23.4 Å². The molecule has 0 saturated heterocycles. The summed E-state index contributed by atoms with van der Waals surface area (Å²) in [5.74, 6) is -0.622. The summed E-state index contributed by atoms with van der Waals surface area (Å²) >= 11 is 6.86. The van der Waals surface area contributed by atoms with Crippen molar-refractivity contribution in [2.75, 3.05) is 18.2 Å². The molecule has 0 bridgehead atoms. The van der Waals surface area contributed by atoms with Crippen LogP contribution in [0.3, 0.4) is 0 Å². The Bertz CT molecular complexity index is 788. The second-order valence-electron chi connectivity index (χ2n) is 4.55. The number of carbonyl (C=O) groups excluding carboxylic acids is 1. The highest BCUT2D eigenvalue weighted by molar-refractivity contribution is 8.00. The van der Waals surface area contributed by atoms with Crippen LogP contribution < -0.4 is 10.1 Å². The second kappa shape index (κ2) is 7.98. The number of hydrogen-bond donors (Lipinski definition) is 1. The summed E-state index contributed by atoms with van der Waals surface area (Å²) in [7, 11) is 1.35. The fourth-order valence-electron chi connectivity index (χ4n) is 1.80. The van der Waals surface area contributed by atoms with Gasteiger partial charge in [0.2, 0.25) is 5.91 Å². The molecule has 0 atom stereocenters. The minimum absolute atomic E-state index is 0.0163. The van der Waals surface area contributed by atoms with Gasteiger partial charge in [-0.1, -0.05) is 11.6 Å². The number of anilines is 1. The minimum Gasteiger partial charge on any atom is -0.494 e. The van der Waals surface area contributed by atoms with Crippen LogP contribution in [0.2, 0.25) is 5.02 Å². The van der Waals surface area contributed by atoms with E-state index < -0.39 is 10.7 Å². The third-order valence-corrected chi connectivity index (χ3v) is 4.21. The van der Waals surface area contributed by atoms with Gasteiger partial charge in [-0.2, -0.15) is 0 Å². The number of nitrogens with one attached hydrogen (secondary N) is 1. The number of rotatable bonds is 6. The van der Waals surface area contributed by atoms with Gasteiger partial charge in [0.05, 0.1) is 34.6 Å². The number of halogens is 2. The number of thioether (sulfide) groups is 1. The van der Waals surface area contributed by atoms with E-state index in [0.29, 0.717) is 10.6 Å². The summed E-state index contributed by atoms with van der Waals surface area (Å²) < 4.78 is 18.1. The average molecular weight is 371 g/mol. The fraction of sp³-hybridized carbons (Fsp3) is 0.133. The van der Waals surface area contributed by atoms with E-state index in [1.54, 1.807) is 0 Å². The van der Waals surface area contributed by atoms with Gasteiger partial charge in [-0.25, -0.2) is 4.39 Å². The maximum atomic E-state index is 13.1. The Kier molecular flexibility index (Phi) is 5.99. The highest BCUT2D eigenvalue weighted by Crippen LogP contribution is 2.29. The molecule has 0 aliphatic rings. The first-order valence-electron chi connectivity index (χ1n) is 6.61. The lowest BCUT2D eigenvalue weighted by molar-refractivity contribution is -0.384. The molecule has 1 amide bonds. The van der Waals surface area contributed by atoms with Crippen molar-refractivity contribution < 1.29 is 18.8 Å². The van der Waals surface area contributed by atoms with E-state index in [1.165, 1.54) is 55.3 Å². The third-order valence-electron chi connectivity index (χ3n) is 2.93. The predicted molar refractivity (Wildman–Crippen MR) is 90.4 cm³/mol. The van der Waals surface area contributed by atoms with Crippen molar-refractivity contribution >= 4 is 40.6 Å². The first kappa shape index (κ1) is 18.0. The molecule has 0 heterocycles. The van der Waals surface area contributed by atoms with Crippen molar-refractivity contribution in [3.63, 3.8) is 0 Å². The first-order valence-corrected chi connectivity index (χ1v) is 7.97. The van der Waals surface area contributed by atoms with Gasteiger partial charge in [0, 0.05) is 11.0 Å². The van der Waals surface area contributed by atoms with Crippen LogP contribution in [0.25, 0.3) is 0 Å². The fourth-order valence-corrected chi connectivity index (χ4v) is 2.78. The normalized spacial score (nSPS) is 10.3. The quantitative estimate of drug-likeness (QED) is 0.469. The van der Waals surface area contributed by atoms with Crippen molar-refractivity contribution in [2.24, 2.45) is 0 Å². The standard InChI is InChI=1S/C15H12ClFN2O4S/c1-23-14-6-9(19(21)22)2-5-13(14)18-15(20)8-24-10-3-4-12(17)11(16)7-10/h2-7H,8H2,1H3,(H,18,20). The molecule has 6 nitrogen and oxygen atoms in total. The Labute approximate surface area is 146 Å². The van der Waals surface area contributed by atoms with Crippen LogP contribution in [0.4, 0.5) is 15.8 Å². The van der Waals surface area contributed by atoms with Crippen LogP contribution in [0.1, 0.15) is 0 Å². The van der Waals surface area contributed by atoms with E-state index in [9.17, 15) is 19.3 Å². The molecular weight excluding hydrogens is 359 g/mol. The monoisotopic (exact) mass is 370 g/mol. The van der Waals surface area contributed by atoms with Gasteiger partial charge in [-0.15, -0.1) is 11.8 Å². The lowest BCUT2D eigenvalue weighted by Crippen LogP contribution is -2.14. The summed E-state index contributed by atoms with van der Waals surface area (Å²) in [5.41, 5.74) is 0.186. The highest BCUT2D eigenvalue weighted by Gasteiger charge is 2.13. The number of hydrogen-bond acceptors (Lipinski definition) is 5. The number of nitro benzene ring substituents is 1. The minimum atomic E-state index is -0.553. The molecule has 1 N–H and O–H groups in total. The Morgan fingerprint density at radius 2 is 2.12 bits per heavy atom. The maximum absolute atomic E-state index is 13.1. The molecule has 2 rings (SSSR count). The Morgan fingerprint density at radius 3 is 2.75 bits per heavy atom. The number of nitro groups is 1. The zero-order valence-electron chi connectivity index (χ0n) is 12.4. The van der Waals surface area contributed by atoms with Gasteiger partial charge < -0.3 is 10.1 Å². The molecule has 0 spiro atoms. The lowest BCUT2D eigenvalue weighted by Gasteiger charge is -2.10. The molecule has 0 saturated carbocycles. The van der Waals surface area contributed by atoms with E-state index in [2.05, 4.69) is 5.32 Å². The molecule has 0 aliphatic heterocycles. The van der Waals surface area contributed by atoms with Crippen molar-refractivity contribution in [1.82, 2.24) is 0 Å². The van der Waals surface area contributed by atoms with Crippen LogP contribution in [0.15, 0.2) is 41.3 Å². The van der Waals surface area contributed by atoms with Crippen LogP contribution in [0.5, 0.6) is 5.75 Å². The summed E-state index contributed by atoms with van der Waals surface area (Å²) in [6, 6.07) is 8.07. The summed E-state index contributed by atoms with van der Waals surface area (Å²) in [5, 5.41) is 13.3. The number of benzene rings is 2. The van der Waals surface area contributed by atoms with E-state index in [4.69, 9.17) is 16.3 Å². The zero-order chi connectivity index (χ0) is 17.7. The van der Waals surface area contributed by atoms with Crippen LogP contribution in [-0.4, -0.2) is 23.7 Å². The molecule has 0 fully saturated rings. The topological polar surface area (TPSA) is 81.5 Å². The van der Waals surface area contributed by atoms with Crippen molar-refractivity contribution in [3.05, 3.63) is 57.4 Å².